The Labute approximate surface area is 96.2 Å². The van der Waals surface area contributed by atoms with Gasteiger partial charge in [0.1, 0.15) is 0 Å². The minimum Gasteiger partial charge on any atom is -0.312 e. The van der Waals surface area contributed by atoms with Crippen LogP contribution < -0.4 is 10.6 Å². The van der Waals surface area contributed by atoms with E-state index in [0.717, 1.165) is 13.1 Å². The normalized spacial score (nSPS) is 15.4. The van der Waals surface area contributed by atoms with Crippen molar-refractivity contribution in [2.75, 3.05) is 13.1 Å². The third-order valence-corrected chi connectivity index (χ3v) is 2.82. The summed E-state index contributed by atoms with van der Waals surface area (Å²) in [5, 5.41) is 7.10. The van der Waals surface area contributed by atoms with Crippen LogP contribution in [0.2, 0.25) is 0 Å². The summed E-state index contributed by atoms with van der Waals surface area (Å²) in [6.45, 7) is 17.8. The van der Waals surface area contributed by atoms with Crippen molar-refractivity contribution in [3.63, 3.8) is 0 Å². The zero-order chi connectivity index (χ0) is 12.1. The van der Waals surface area contributed by atoms with Gasteiger partial charge in [0, 0.05) is 24.7 Å². The fraction of sp³-hybridized carbons (Fsp3) is 1.00. The molecule has 0 aliphatic heterocycles. The Kier molecular flexibility index (Phi) is 5.82. The lowest BCUT2D eigenvalue weighted by molar-refractivity contribution is 0.301. The van der Waals surface area contributed by atoms with Crippen molar-refractivity contribution >= 4 is 0 Å². The van der Waals surface area contributed by atoms with Crippen LogP contribution in [0.15, 0.2) is 0 Å². The average Bonchev–Trinajstić information content (AvgIpc) is 2.10. The highest BCUT2D eigenvalue weighted by Crippen LogP contribution is 2.17. The maximum absolute atomic E-state index is 3.58. The Morgan fingerprint density at radius 2 is 1.60 bits per heavy atom. The molecule has 0 radical (unpaired) electrons. The van der Waals surface area contributed by atoms with Crippen molar-refractivity contribution in [2.24, 2.45) is 5.41 Å². The lowest BCUT2D eigenvalue weighted by atomic mass is 9.90. The molecule has 0 bridgehead atoms. The quantitative estimate of drug-likeness (QED) is 0.710. The van der Waals surface area contributed by atoms with E-state index < -0.39 is 0 Å². The van der Waals surface area contributed by atoms with Gasteiger partial charge in [0.25, 0.3) is 0 Å². The topological polar surface area (TPSA) is 24.1 Å². The summed E-state index contributed by atoms with van der Waals surface area (Å²) in [6.07, 6.45) is 1.22. The first kappa shape index (κ1) is 14.9. The monoisotopic (exact) mass is 214 g/mol. The zero-order valence-electron chi connectivity index (χ0n) is 11.7. The van der Waals surface area contributed by atoms with Crippen molar-refractivity contribution in [3.05, 3.63) is 0 Å². The molecule has 0 rings (SSSR count). The van der Waals surface area contributed by atoms with E-state index >= 15 is 0 Å². The molecule has 2 heteroatoms. The van der Waals surface area contributed by atoms with Crippen LogP contribution >= 0.6 is 0 Å². The van der Waals surface area contributed by atoms with Crippen LogP contribution in [0.4, 0.5) is 0 Å². The van der Waals surface area contributed by atoms with Crippen molar-refractivity contribution in [3.8, 4) is 0 Å². The van der Waals surface area contributed by atoms with Gasteiger partial charge in [-0.3, -0.25) is 0 Å². The van der Waals surface area contributed by atoms with Crippen molar-refractivity contribution in [2.45, 2.75) is 66.5 Å². The van der Waals surface area contributed by atoms with Crippen LogP contribution in [0, 0.1) is 5.41 Å². The van der Waals surface area contributed by atoms with E-state index in [4.69, 9.17) is 0 Å². The zero-order valence-corrected chi connectivity index (χ0v) is 11.7. The Balaban J connectivity index is 3.71. The molecule has 2 nitrogen and oxygen atoms in total. The predicted molar refractivity (Wildman–Crippen MR) is 69.3 cm³/mol. The molecule has 0 saturated carbocycles. The first-order valence-electron chi connectivity index (χ1n) is 6.15. The van der Waals surface area contributed by atoms with Gasteiger partial charge < -0.3 is 10.6 Å². The molecule has 2 N–H and O–H groups in total. The molecular weight excluding hydrogens is 184 g/mol. The van der Waals surface area contributed by atoms with Crippen LogP contribution in [0.5, 0.6) is 0 Å². The van der Waals surface area contributed by atoms with Gasteiger partial charge in [-0.15, -0.1) is 0 Å². The van der Waals surface area contributed by atoms with Crippen molar-refractivity contribution < 1.29 is 0 Å². The summed E-state index contributed by atoms with van der Waals surface area (Å²) in [5.74, 6) is 0. The summed E-state index contributed by atoms with van der Waals surface area (Å²) in [6, 6.07) is 0.537. The minimum atomic E-state index is 0.218. The van der Waals surface area contributed by atoms with Crippen LogP contribution in [-0.4, -0.2) is 24.7 Å². The number of hydrogen-bond donors (Lipinski definition) is 2. The molecule has 1 atom stereocenters. The maximum Gasteiger partial charge on any atom is 0.0164 e. The van der Waals surface area contributed by atoms with E-state index in [1.165, 1.54) is 6.42 Å². The molecule has 0 amide bonds. The lowest BCUT2D eigenvalue weighted by Gasteiger charge is -2.28. The highest BCUT2D eigenvalue weighted by atomic mass is 15.0. The lowest BCUT2D eigenvalue weighted by Crippen LogP contribution is -2.46. The first-order valence-corrected chi connectivity index (χ1v) is 6.15. The molecular formula is C13H30N2. The van der Waals surface area contributed by atoms with E-state index in [2.05, 4.69) is 59.1 Å². The SMILES string of the molecule is CCC(C)(C)CNC(C)CNC(C)(C)C. The summed E-state index contributed by atoms with van der Waals surface area (Å²) in [4.78, 5) is 0. The van der Waals surface area contributed by atoms with E-state index in [-0.39, 0.29) is 5.54 Å². The van der Waals surface area contributed by atoms with Gasteiger partial charge >= 0.3 is 0 Å². The van der Waals surface area contributed by atoms with Crippen molar-refractivity contribution in [1.29, 1.82) is 0 Å². The molecule has 0 aliphatic rings. The fourth-order valence-electron chi connectivity index (χ4n) is 1.11. The van der Waals surface area contributed by atoms with E-state index in [1.807, 2.05) is 0 Å². The largest absolute Gasteiger partial charge is 0.312 e. The molecule has 0 aromatic rings. The van der Waals surface area contributed by atoms with E-state index in [9.17, 15) is 0 Å². The predicted octanol–water partition coefficient (Wildman–Crippen LogP) is 2.79. The summed E-state index contributed by atoms with van der Waals surface area (Å²) >= 11 is 0. The molecule has 15 heavy (non-hydrogen) atoms. The van der Waals surface area contributed by atoms with Gasteiger partial charge in [0.05, 0.1) is 0 Å². The maximum atomic E-state index is 3.58. The van der Waals surface area contributed by atoms with Gasteiger partial charge in [-0.1, -0.05) is 20.8 Å². The third kappa shape index (κ3) is 8.88. The average molecular weight is 214 g/mol. The van der Waals surface area contributed by atoms with Gasteiger partial charge in [0.15, 0.2) is 0 Å². The molecule has 0 saturated heterocycles. The number of rotatable bonds is 6. The summed E-state index contributed by atoms with van der Waals surface area (Å²) in [5.41, 5.74) is 0.631. The summed E-state index contributed by atoms with van der Waals surface area (Å²) < 4.78 is 0. The Morgan fingerprint density at radius 3 is 2.00 bits per heavy atom. The molecule has 0 aromatic carbocycles. The summed E-state index contributed by atoms with van der Waals surface area (Å²) in [7, 11) is 0. The molecule has 0 aliphatic carbocycles. The van der Waals surface area contributed by atoms with Gasteiger partial charge in [0.2, 0.25) is 0 Å². The van der Waals surface area contributed by atoms with Crippen molar-refractivity contribution in [1.82, 2.24) is 10.6 Å². The standard InChI is InChI=1S/C13H30N2/c1-8-13(6,7)10-14-11(2)9-15-12(3,4)5/h11,14-15H,8-10H2,1-7H3. The molecule has 1 unspecified atom stereocenters. The highest BCUT2D eigenvalue weighted by molar-refractivity contribution is 4.77. The van der Waals surface area contributed by atoms with E-state index in [0.29, 0.717) is 11.5 Å². The Bertz CT molecular complexity index is 168. The number of hydrogen-bond acceptors (Lipinski definition) is 2. The molecule has 92 valence electrons. The molecule has 0 spiro atoms. The van der Waals surface area contributed by atoms with Gasteiger partial charge in [-0.25, -0.2) is 0 Å². The van der Waals surface area contributed by atoms with Gasteiger partial charge in [-0.05, 0) is 39.5 Å². The molecule has 0 aromatic heterocycles. The molecule has 0 fully saturated rings. The second kappa shape index (κ2) is 5.86. The molecule has 0 heterocycles. The third-order valence-electron chi connectivity index (χ3n) is 2.82. The second-order valence-corrected chi connectivity index (χ2v) is 6.43. The van der Waals surface area contributed by atoms with Crippen LogP contribution in [-0.2, 0) is 0 Å². The second-order valence-electron chi connectivity index (χ2n) is 6.43. The minimum absolute atomic E-state index is 0.218. The highest BCUT2D eigenvalue weighted by Gasteiger charge is 2.16. The fourth-order valence-corrected chi connectivity index (χ4v) is 1.11. The Morgan fingerprint density at radius 1 is 1.07 bits per heavy atom. The number of nitrogens with one attached hydrogen (secondary N) is 2. The van der Waals surface area contributed by atoms with Crippen LogP contribution in [0.3, 0.4) is 0 Å². The van der Waals surface area contributed by atoms with E-state index in [1.54, 1.807) is 0 Å². The smallest absolute Gasteiger partial charge is 0.0164 e. The van der Waals surface area contributed by atoms with Crippen LogP contribution in [0.25, 0.3) is 0 Å². The van der Waals surface area contributed by atoms with Crippen LogP contribution in [0.1, 0.15) is 54.9 Å². The Hall–Kier alpha value is -0.0800. The van der Waals surface area contributed by atoms with Gasteiger partial charge in [-0.2, -0.15) is 0 Å². The first-order chi connectivity index (χ1) is 6.66.